The Bertz CT molecular complexity index is 1220. The number of rotatable bonds is 8. The summed E-state index contributed by atoms with van der Waals surface area (Å²) in [5.41, 5.74) is 2.97. The van der Waals surface area contributed by atoms with E-state index in [1.165, 1.54) is 12.1 Å². The Morgan fingerprint density at radius 1 is 1.08 bits per heavy atom. The summed E-state index contributed by atoms with van der Waals surface area (Å²) >= 11 is 0. The molecule has 2 aromatic carbocycles. The van der Waals surface area contributed by atoms with Gasteiger partial charge in [-0.2, -0.15) is 0 Å². The second kappa shape index (κ2) is 11.0. The van der Waals surface area contributed by atoms with Gasteiger partial charge in [-0.25, -0.2) is 4.39 Å². The van der Waals surface area contributed by atoms with Gasteiger partial charge in [-0.05, 0) is 79.3 Å². The van der Waals surface area contributed by atoms with E-state index in [0.29, 0.717) is 24.5 Å². The number of fused-ring (bicyclic) bond motifs is 1. The molecule has 1 unspecified atom stereocenters. The normalized spacial score (nSPS) is 15.2. The summed E-state index contributed by atoms with van der Waals surface area (Å²) < 4.78 is 25.3. The number of carbonyl (C=O) groups is 2. The smallest absolute Gasteiger partial charge is 0.287 e. The van der Waals surface area contributed by atoms with E-state index in [4.69, 9.17) is 9.15 Å². The first-order chi connectivity index (χ1) is 17.2. The van der Waals surface area contributed by atoms with Crippen molar-refractivity contribution in [2.24, 2.45) is 5.92 Å². The summed E-state index contributed by atoms with van der Waals surface area (Å²) in [6.45, 7) is 8.59. The molecule has 0 radical (unpaired) electrons. The van der Waals surface area contributed by atoms with Gasteiger partial charge in [0.25, 0.3) is 5.91 Å². The van der Waals surface area contributed by atoms with Crippen LogP contribution in [-0.4, -0.2) is 29.3 Å². The number of nitrogens with one attached hydrogen (secondary N) is 1. The Hall–Kier alpha value is -3.61. The molecule has 1 atom stereocenters. The van der Waals surface area contributed by atoms with E-state index < -0.39 is 0 Å². The third-order valence-corrected chi connectivity index (χ3v) is 6.12. The van der Waals surface area contributed by atoms with Crippen molar-refractivity contribution in [3.63, 3.8) is 0 Å². The molecule has 0 aliphatic carbocycles. The van der Waals surface area contributed by atoms with Crippen LogP contribution in [0.15, 0.2) is 59.0 Å². The fourth-order valence-electron chi connectivity index (χ4n) is 4.49. The third kappa shape index (κ3) is 5.96. The van der Waals surface area contributed by atoms with Gasteiger partial charge < -0.3 is 19.4 Å². The summed E-state index contributed by atoms with van der Waals surface area (Å²) in [6, 6.07) is 15.3. The zero-order chi connectivity index (χ0) is 25.8. The predicted octanol–water partition coefficient (Wildman–Crippen LogP) is 5.66. The summed E-state index contributed by atoms with van der Waals surface area (Å²) in [6.07, 6.45) is 1.19. The lowest BCUT2D eigenvalue weighted by Crippen LogP contribution is -2.41. The zero-order valence-corrected chi connectivity index (χ0v) is 21.2. The van der Waals surface area contributed by atoms with E-state index in [1.807, 2.05) is 50.8 Å². The third-order valence-electron chi connectivity index (χ3n) is 6.12. The quantitative estimate of drug-likeness (QED) is 0.441. The molecule has 0 fully saturated rings. The van der Waals surface area contributed by atoms with Crippen LogP contribution >= 0.6 is 0 Å². The largest absolute Gasteiger partial charge is 0.486 e. The lowest BCUT2D eigenvalue weighted by molar-refractivity contribution is -0.134. The van der Waals surface area contributed by atoms with Crippen LogP contribution in [-0.2, 0) is 17.8 Å². The number of hydrogen-bond acceptors (Lipinski definition) is 4. The molecule has 0 saturated heterocycles. The van der Waals surface area contributed by atoms with Crippen molar-refractivity contribution in [2.75, 3.05) is 6.54 Å². The van der Waals surface area contributed by atoms with Gasteiger partial charge in [0, 0.05) is 19.0 Å². The second-order valence-corrected chi connectivity index (χ2v) is 9.93. The first-order valence-electron chi connectivity index (χ1n) is 12.4. The van der Waals surface area contributed by atoms with Crippen LogP contribution in [0.4, 0.5) is 4.39 Å². The standard InChI is InChI=1S/C29H33FN2O4/c1-18(2)15-27(33)32-14-13-20-7-10-23(16-25(20)28(32)21-5-8-22(30)9-6-21)35-17-24-11-12-26(36-24)29(34)31-19(3)4/h5-12,16,18-19,28H,13-15,17H2,1-4H3,(H,31,34). The summed E-state index contributed by atoms with van der Waals surface area (Å²) in [5, 5.41) is 2.80. The van der Waals surface area contributed by atoms with Crippen molar-refractivity contribution in [1.82, 2.24) is 10.2 Å². The van der Waals surface area contributed by atoms with Gasteiger partial charge in [0.05, 0.1) is 6.04 Å². The molecule has 0 saturated carbocycles. The minimum absolute atomic E-state index is 0.0128. The topological polar surface area (TPSA) is 71.8 Å². The van der Waals surface area contributed by atoms with E-state index in [1.54, 1.807) is 24.3 Å². The average molecular weight is 493 g/mol. The van der Waals surface area contributed by atoms with Crippen molar-refractivity contribution in [3.8, 4) is 5.75 Å². The van der Waals surface area contributed by atoms with Crippen molar-refractivity contribution >= 4 is 11.8 Å². The van der Waals surface area contributed by atoms with E-state index in [9.17, 15) is 14.0 Å². The lowest BCUT2D eigenvalue weighted by Gasteiger charge is -2.38. The molecular weight excluding hydrogens is 459 g/mol. The lowest BCUT2D eigenvalue weighted by atomic mass is 9.87. The van der Waals surface area contributed by atoms with Crippen LogP contribution in [0.5, 0.6) is 5.75 Å². The number of benzene rings is 2. The molecule has 0 bridgehead atoms. The highest BCUT2D eigenvalue weighted by Crippen LogP contribution is 2.38. The second-order valence-electron chi connectivity index (χ2n) is 9.93. The van der Waals surface area contributed by atoms with Gasteiger partial charge in [-0.15, -0.1) is 0 Å². The van der Waals surface area contributed by atoms with Gasteiger partial charge in [0.1, 0.15) is 23.9 Å². The Morgan fingerprint density at radius 2 is 1.83 bits per heavy atom. The summed E-state index contributed by atoms with van der Waals surface area (Å²) in [5.74, 6) is 1.14. The number of ether oxygens (including phenoxy) is 1. The minimum Gasteiger partial charge on any atom is -0.486 e. The van der Waals surface area contributed by atoms with Crippen LogP contribution in [0.3, 0.4) is 0 Å². The molecule has 36 heavy (non-hydrogen) atoms. The molecule has 1 aliphatic heterocycles. The molecule has 2 amide bonds. The number of amides is 2. The molecule has 2 heterocycles. The maximum absolute atomic E-state index is 13.7. The van der Waals surface area contributed by atoms with E-state index in [0.717, 1.165) is 23.1 Å². The van der Waals surface area contributed by atoms with Gasteiger partial charge in [-0.3, -0.25) is 9.59 Å². The number of halogens is 1. The van der Waals surface area contributed by atoms with Gasteiger partial charge >= 0.3 is 0 Å². The SMILES string of the molecule is CC(C)CC(=O)N1CCc2ccc(OCc3ccc(C(=O)NC(C)C)o3)cc2C1c1ccc(F)cc1. The highest BCUT2D eigenvalue weighted by Gasteiger charge is 2.32. The molecule has 6 nitrogen and oxygen atoms in total. The zero-order valence-electron chi connectivity index (χ0n) is 21.2. The maximum atomic E-state index is 13.7. The van der Waals surface area contributed by atoms with Crippen molar-refractivity contribution < 1.29 is 23.1 Å². The molecule has 1 aliphatic rings. The fourth-order valence-corrected chi connectivity index (χ4v) is 4.49. The number of furan rings is 1. The first-order valence-corrected chi connectivity index (χ1v) is 12.4. The van der Waals surface area contributed by atoms with E-state index in [2.05, 4.69) is 5.32 Å². The Morgan fingerprint density at radius 3 is 2.53 bits per heavy atom. The highest BCUT2D eigenvalue weighted by molar-refractivity contribution is 5.91. The molecule has 0 spiro atoms. The first kappa shape index (κ1) is 25.5. The van der Waals surface area contributed by atoms with Gasteiger partial charge in [0.2, 0.25) is 5.91 Å². The predicted molar refractivity (Wildman–Crippen MR) is 135 cm³/mol. The number of hydrogen-bond donors (Lipinski definition) is 1. The summed E-state index contributed by atoms with van der Waals surface area (Å²) in [4.78, 5) is 27.2. The minimum atomic E-state index is -0.320. The van der Waals surface area contributed by atoms with Crippen LogP contribution in [0.25, 0.3) is 0 Å². The fraction of sp³-hybridized carbons (Fsp3) is 0.379. The Kier molecular flexibility index (Phi) is 7.77. The molecule has 7 heteroatoms. The molecular formula is C29H33FN2O4. The van der Waals surface area contributed by atoms with Crippen molar-refractivity contribution in [1.29, 1.82) is 0 Å². The van der Waals surface area contributed by atoms with E-state index >= 15 is 0 Å². The van der Waals surface area contributed by atoms with Crippen LogP contribution in [0.1, 0.15) is 73.2 Å². The molecule has 3 aromatic rings. The molecule has 1 N–H and O–H groups in total. The monoisotopic (exact) mass is 492 g/mol. The van der Waals surface area contributed by atoms with Crippen molar-refractivity contribution in [3.05, 3.63) is 88.6 Å². The average Bonchev–Trinajstić information content (AvgIpc) is 3.31. The molecule has 4 rings (SSSR count). The molecule has 1 aromatic heterocycles. The van der Waals surface area contributed by atoms with Crippen LogP contribution in [0.2, 0.25) is 0 Å². The number of nitrogens with zero attached hydrogens (tertiary/aromatic N) is 1. The van der Waals surface area contributed by atoms with Crippen LogP contribution < -0.4 is 10.1 Å². The van der Waals surface area contributed by atoms with Gasteiger partial charge in [0.15, 0.2) is 5.76 Å². The van der Waals surface area contributed by atoms with Crippen molar-refractivity contribution in [2.45, 2.75) is 59.2 Å². The number of carbonyl (C=O) groups excluding carboxylic acids is 2. The highest BCUT2D eigenvalue weighted by atomic mass is 19.1. The van der Waals surface area contributed by atoms with Gasteiger partial charge in [-0.1, -0.05) is 32.0 Å². The Balaban J connectivity index is 1.58. The summed E-state index contributed by atoms with van der Waals surface area (Å²) in [7, 11) is 0. The van der Waals surface area contributed by atoms with E-state index in [-0.39, 0.29) is 48.0 Å². The maximum Gasteiger partial charge on any atom is 0.287 e. The Labute approximate surface area is 211 Å². The molecule has 190 valence electrons. The van der Waals surface area contributed by atoms with Crippen LogP contribution in [0, 0.1) is 11.7 Å².